The normalized spacial score (nSPS) is 10.9. The second-order valence-corrected chi connectivity index (χ2v) is 8.04. The van der Waals surface area contributed by atoms with Crippen LogP contribution in [0, 0.1) is 0 Å². The number of nitrogens with zero attached hydrogens (tertiary/aromatic N) is 3. The van der Waals surface area contributed by atoms with Crippen LogP contribution >= 0.6 is 0 Å². The van der Waals surface area contributed by atoms with Gasteiger partial charge >= 0.3 is 29.8 Å². The maximum Gasteiger partial charge on any atom is 0.339 e. The summed E-state index contributed by atoms with van der Waals surface area (Å²) in [5, 5.41) is 48.0. The first-order chi connectivity index (χ1) is 17.8. The average Bonchev–Trinajstić information content (AvgIpc) is 2.78. The summed E-state index contributed by atoms with van der Waals surface area (Å²) in [6, 6.07) is 3.85. The number of methoxy groups -OCH3 is 1. The van der Waals surface area contributed by atoms with E-state index in [4.69, 9.17) is 20.1 Å². The minimum absolute atomic E-state index is 0.00171. The van der Waals surface area contributed by atoms with Gasteiger partial charge in [0.2, 0.25) is 5.91 Å². The molecule has 0 saturated carbocycles. The van der Waals surface area contributed by atoms with Crippen LogP contribution in [0.4, 0.5) is 5.69 Å². The zero-order chi connectivity index (χ0) is 28.8. The molecule has 0 radical (unpaired) electrons. The van der Waals surface area contributed by atoms with E-state index >= 15 is 0 Å². The van der Waals surface area contributed by atoms with Gasteiger partial charge in [0.15, 0.2) is 0 Å². The highest BCUT2D eigenvalue weighted by molar-refractivity contribution is 5.95. The second kappa shape index (κ2) is 15.7. The van der Waals surface area contributed by atoms with Gasteiger partial charge in [0.1, 0.15) is 11.3 Å². The van der Waals surface area contributed by atoms with Crippen LogP contribution in [0.2, 0.25) is 0 Å². The quantitative estimate of drug-likeness (QED) is 0.118. The van der Waals surface area contributed by atoms with Gasteiger partial charge in [0, 0.05) is 37.9 Å². The Morgan fingerprint density at radius 2 is 1.11 bits per heavy atom. The van der Waals surface area contributed by atoms with E-state index in [2.05, 4.69) is 5.32 Å². The highest BCUT2D eigenvalue weighted by Crippen LogP contribution is 2.23. The first-order valence-electron chi connectivity index (χ1n) is 11.1. The van der Waals surface area contributed by atoms with Crippen LogP contribution < -0.4 is 10.1 Å². The van der Waals surface area contributed by atoms with E-state index in [0.717, 1.165) is 4.90 Å². The standard InChI is InChI=1S/C22H30N4O12/c1-38-16-8-14(2-3-15(16)22(36)37)23-17(27)9-25(11-19(30)31)6-4-24(10-18(28)29)5-7-26(12-20(32)33)13-21(34)35/h2-3,8H,4-7,9-13H2,1H3,(H,23,27)(H,28,29)(H,30,31)(H,32,33)(H,34,35)(H,36,37). The molecule has 1 aromatic carbocycles. The molecular weight excluding hydrogens is 512 g/mol. The van der Waals surface area contributed by atoms with Crippen LogP contribution in [-0.2, 0) is 24.0 Å². The van der Waals surface area contributed by atoms with E-state index in [1.807, 2.05) is 0 Å². The third-order valence-corrected chi connectivity index (χ3v) is 4.98. The molecule has 38 heavy (non-hydrogen) atoms. The predicted octanol–water partition coefficient (Wildman–Crippen LogP) is -1.42. The number of aromatic carboxylic acids is 1. The fourth-order valence-electron chi connectivity index (χ4n) is 3.38. The molecule has 0 aromatic heterocycles. The fraction of sp³-hybridized carbons (Fsp3) is 0.455. The van der Waals surface area contributed by atoms with Crippen molar-refractivity contribution in [3.63, 3.8) is 0 Å². The van der Waals surface area contributed by atoms with E-state index < -0.39 is 68.5 Å². The largest absolute Gasteiger partial charge is 0.496 e. The van der Waals surface area contributed by atoms with Crippen LogP contribution in [0.15, 0.2) is 18.2 Å². The molecule has 0 aliphatic heterocycles. The molecule has 16 nitrogen and oxygen atoms in total. The highest BCUT2D eigenvalue weighted by atomic mass is 16.5. The molecule has 210 valence electrons. The summed E-state index contributed by atoms with van der Waals surface area (Å²) < 4.78 is 5.00. The zero-order valence-corrected chi connectivity index (χ0v) is 20.5. The Balaban J connectivity index is 2.86. The Hall–Kier alpha value is -4.28. The number of hydrogen-bond acceptors (Lipinski definition) is 10. The number of ether oxygens (including phenoxy) is 1. The first kappa shape index (κ1) is 31.7. The number of anilines is 1. The Bertz CT molecular complexity index is 1020. The monoisotopic (exact) mass is 542 g/mol. The van der Waals surface area contributed by atoms with Crippen LogP contribution in [0.25, 0.3) is 0 Å². The van der Waals surface area contributed by atoms with E-state index in [-0.39, 0.29) is 43.2 Å². The number of rotatable bonds is 19. The number of nitrogens with one attached hydrogen (secondary N) is 1. The predicted molar refractivity (Wildman–Crippen MR) is 128 cm³/mol. The lowest BCUT2D eigenvalue weighted by atomic mass is 10.2. The van der Waals surface area contributed by atoms with E-state index in [1.165, 1.54) is 35.1 Å². The maximum absolute atomic E-state index is 12.5. The van der Waals surface area contributed by atoms with E-state index in [0.29, 0.717) is 0 Å². The van der Waals surface area contributed by atoms with Gasteiger partial charge in [-0.3, -0.25) is 38.7 Å². The molecule has 0 aliphatic rings. The van der Waals surface area contributed by atoms with Crippen molar-refractivity contribution in [1.82, 2.24) is 14.7 Å². The van der Waals surface area contributed by atoms with Crippen molar-refractivity contribution in [1.29, 1.82) is 0 Å². The number of carboxylic acid groups (broad SMARTS) is 5. The number of carboxylic acids is 5. The topological polar surface area (TPSA) is 235 Å². The maximum atomic E-state index is 12.5. The van der Waals surface area contributed by atoms with Gasteiger partial charge in [-0.05, 0) is 12.1 Å². The zero-order valence-electron chi connectivity index (χ0n) is 20.5. The van der Waals surface area contributed by atoms with Crippen LogP contribution in [-0.4, -0.2) is 142 Å². The average molecular weight is 542 g/mol. The van der Waals surface area contributed by atoms with Gasteiger partial charge < -0.3 is 35.6 Å². The minimum atomic E-state index is -1.26. The lowest BCUT2D eigenvalue weighted by molar-refractivity contribution is -0.143. The molecule has 0 heterocycles. The summed E-state index contributed by atoms with van der Waals surface area (Å²) in [6.45, 7) is -2.80. The Kier molecular flexibility index (Phi) is 13.2. The lowest BCUT2D eigenvalue weighted by Crippen LogP contribution is -2.46. The molecule has 0 fully saturated rings. The van der Waals surface area contributed by atoms with Gasteiger partial charge in [-0.2, -0.15) is 0 Å². The van der Waals surface area contributed by atoms with Crippen LogP contribution in [0.3, 0.4) is 0 Å². The van der Waals surface area contributed by atoms with Gasteiger partial charge in [0.25, 0.3) is 0 Å². The van der Waals surface area contributed by atoms with E-state index in [9.17, 15) is 39.0 Å². The third-order valence-electron chi connectivity index (χ3n) is 4.98. The molecule has 6 N–H and O–H groups in total. The number of aliphatic carboxylic acids is 4. The number of carbonyl (C=O) groups excluding carboxylic acids is 1. The molecule has 16 heteroatoms. The molecule has 0 bridgehead atoms. The Labute approximate surface area is 216 Å². The molecule has 0 spiro atoms. The summed E-state index contributed by atoms with van der Waals surface area (Å²) in [5.41, 5.74) is 0.0818. The lowest BCUT2D eigenvalue weighted by Gasteiger charge is -2.27. The summed E-state index contributed by atoms with van der Waals surface area (Å²) >= 11 is 0. The van der Waals surface area contributed by atoms with Crippen molar-refractivity contribution in [2.75, 3.05) is 71.3 Å². The summed E-state index contributed by atoms with van der Waals surface area (Å²) in [7, 11) is 1.26. The summed E-state index contributed by atoms with van der Waals surface area (Å²) in [6.07, 6.45) is 0. The fourth-order valence-corrected chi connectivity index (χ4v) is 3.38. The van der Waals surface area contributed by atoms with Gasteiger partial charge in [-0.1, -0.05) is 0 Å². The van der Waals surface area contributed by atoms with E-state index in [1.54, 1.807) is 0 Å². The number of benzene rings is 1. The van der Waals surface area contributed by atoms with Crippen molar-refractivity contribution < 1.29 is 59.0 Å². The SMILES string of the molecule is COc1cc(NC(=O)CN(CCN(CCN(CC(=O)O)CC(=O)O)CC(=O)O)CC(=O)O)ccc1C(=O)O. The molecule has 0 saturated heterocycles. The van der Waals surface area contributed by atoms with Crippen LogP contribution in [0.1, 0.15) is 10.4 Å². The number of amides is 1. The molecular formula is C22H30N4O12. The minimum Gasteiger partial charge on any atom is -0.496 e. The molecule has 0 atom stereocenters. The van der Waals surface area contributed by atoms with Gasteiger partial charge in [-0.25, -0.2) is 4.79 Å². The van der Waals surface area contributed by atoms with Gasteiger partial charge in [0.05, 0.1) is 39.8 Å². The van der Waals surface area contributed by atoms with Gasteiger partial charge in [-0.15, -0.1) is 0 Å². The second-order valence-electron chi connectivity index (χ2n) is 8.04. The molecule has 0 aliphatic carbocycles. The first-order valence-corrected chi connectivity index (χ1v) is 11.1. The van der Waals surface area contributed by atoms with Crippen molar-refractivity contribution in [3.05, 3.63) is 23.8 Å². The molecule has 1 rings (SSSR count). The van der Waals surface area contributed by atoms with Crippen molar-refractivity contribution in [2.45, 2.75) is 0 Å². The smallest absolute Gasteiger partial charge is 0.339 e. The Morgan fingerprint density at radius 3 is 1.53 bits per heavy atom. The molecule has 1 amide bonds. The summed E-state index contributed by atoms with van der Waals surface area (Å²) in [5.74, 6) is -6.84. The van der Waals surface area contributed by atoms with Crippen LogP contribution in [0.5, 0.6) is 5.75 Å². The van der Waals surface area contributed by atoms with Crippen molar-refractivity contribution in [3.8, 4) is 5.75 Å². The summed E-state index contributed by atoms with van der Waals surface area (Å²) in [4.78, 5) is 72.0. The third kappa shape index (κ3) is 12.6. The Morgan fingerprint density at radius 1 is 0.684 bits per heavy atom. The van der Waals surface area contributed by atoms with Crippen molar-refractivity contribution >= 4 is 41.4 Å². The highest BCUT2D eigenvalue weighted by Gasteiger charge is 2.20. The number of carbonyl (C=O) groups is 6. The molecule has 0 unspecified atom stereocenters. The number of hydrogen-bond donors (Lipinski definition) is 6. The van der Waals surface area contributed by atoms with Crippen molar-refractivity contribution in [2.24, 2.45) is 0 Å². The molecule has 1 aromatic rings.